The predicted molar refractivity (Wildman–Crippen MR) is 137 cm³/mol. The summed E-state index contributed by atoms with van der Waals surface area (Å²) in [7, 11) is 2.05. The molecule has 1 aliphatic rings. The molecule has 0 radical (unpaired) electrons. The van der Waals surface area contributed by atoms with Crippen molar-refractivity contribution in [3.8, 4) is 23.0 Å². The Morgan fingerprint density at radius 1 is 1.05 bits per heavy atom. The Kier molecular flexibility index (Phi) is 7.26. The quantitative estimate of drug-likeness (QED) is 0.319. The highest BCUT2D eigenvalue weighted by molar-refractivity contribution is 8.00. The van der Waals surface area contributed by atoms with Crippen LogP contribution in [0.2, 0.25) is 0 Å². The van der Waals surface area contributed by atoms with Crippen molar-refractivity contribution >= 4 is 17.7 Å². The van der Waals surface area contributed by atoms with E-state index in [9.17, 15) is 18.0 Å². The number of hydrogen-bond acceptors (Lipinski definition) is 7. The lowest BCUT2D eigenvalue weighted by atomic mass is 10.1. The average Bonchev–Trinajstić information content (AvgIpc) is 3.51. The van der Waals surface area contributed by atoms with Crippen LogP contribution in [0, 0.1) is 6.92 Å². The molecule has 0 saturated carbocycles. The maximum absolute atomic E-state index is 13.0. The zero-order chi connectivity index (χ0) is 26.9. The first-order valence-electron chi connectivity index (χ1n) is 12.0. The van der Waals surface area contributed by atoms with Crippen molar-refractivity contribution in [3.63, 3.8) is 0 Å². The van der Waals surface area contributed by atoms with E-state index in [0.717, 1.165) is 24.3 Å². The zero-order valence-corrected chi connectivity index (χ0v) is 21.6. The van der Waals surface area contributed by atoms with E-state index < -0.39 is 5.51 Å². The SMILES string of the molecule is Cc1cc(-c2nc(-c3ccc(SC(F)(F)F)cc3)no2)nn1Cc1cccc(C(=O)N2CCN(C)CC2)c1. The fourth-order valence-corrected chi connectivity index (χ4v) is 4.73. The number of aromatic nitrogens is 4. The molecule has 0 atom stereocenters. The second-order valence-corrected chi connectivity index (χ2v) is 10.3. The van der Waals surface area contributed by atoms with E-state index in [0.29, 0.717) is 36.5 Å². The largest absolute Gasteiger partial charge is 0.446 e. The fourth-order valence-electron chi connectivity index (χ4n) is 4.19. The van der Waals surface area contributed by atoms with E-state index in [1.807, 2.05) is 42.2 Å². The van der Waals surface area contributed by atoms with Gasteiger partial charge in [-0.05, 0) is 73.8 Å². The molecule has 1 amide bonds. The van der Waals surface area contributed by atoms with Crippen LogP contribution >= 0.6 is 11.8 Å². The molecule has 1 saturated heterocycles. The average molecular weight is 543 g/mol. The lowest BCUT2D eigenvalue weighted by molar-refractivity contribution is -0.0328. The van der Waals surface area contributed by atoms with Crippen LogP contribution in [0.3, 0.4) is 0 Å². The highest BCUT2D eigenvalue weighted by Gasteiger charge is 2.29. The first-order chi connectivity index (χ1) is 18.1. The van der Waals surface area contributed by atoms with E-state index in [4.69, 9.17) is 4.52 Å². The molecule has 8 nitrogen and oxygen atoms in total. The first-order valence-corrected chi connectivity index (χ1v) is 12.8. The molecule has 1 aliphatic heterocycles. The lowest BCUT2D eigenvalue weighted by Gasteiger charge is -2.32. The predicted octanol–water partition coefficient (Wildman–Crippen LogP) is 4.96. The maximum Gasteiger partial charge on any atom is 0.446 e. The Balaban J connectivity index is 1.28. The molecule has 5 rings (SSSR count). The summed E-state index contributed by atoms with van der Waals surface area (Å²) in [4.78, 5) is 21.5. The second kappa shape index (κ2) is 10.6. The molecule has 0 spiro atoms. The molecule has 3 heterocycles. The number of nitrogens with zero attached hydrogens (tertiary/aromatic N) is 6. The van der Waals surface area contributed by atoms with Crippen LogP contribution in [0.5, 0.6) is 0 Å². The molecule has 2 aromatic carbocycles. The second-order valence-electron chi connectivity index (χ2n) is 9.12. The minimum Gasteiger partial charge on any atom is -0.336 e. The van der Waals surface area contributed by atoms with Crippen molar-refractivity contribution in [3.05, 3.63) is 71.4 Å². The van der Waals surface area contributed by atoms with Gasteiger partial charge in [-0.15, -0.1) is 0 Å². The number of carbonyl (C=O) groups is 1. The highest BCUT2D eigenvalue weighted by atomic mass is 32.2. The van der Waals surface area contributed by atoms with Crippen molar-refractivity contribution < 1.29 is 22.5 Å². The summed E-state index contributed by atoms with van der Waals surface area (Å²) >= 11 is -0.179. The van der Waals surface area contributed by atoms with Gasteiger partial charge in [0.25, 0.3) is 11.8 Å². The summed E-state index contributed by atoms with van der Waals surface area (Å²) in [5.41, 5.74) is -0.883. The van der Waals surface area contributed by atoms with Crippen molar-refractivity contribution in [1.29, 1.82) is 0 Å². The van der Waals surface area contributed by atoms with E-state index in [1.165, 1.54) is 24.3 Å². The van der Waals surface area contributed by atoms with Gasteiger partial charge in [-0.2, -0.15) is 23.3 Å². The summed E-state index contributed by atoms with van der Waals surface area (Å²) in [6.07, 6.45) is 0. The Morgan fingerprint density at radius 3 is 2.50 bits per heavy atom. The van der Waals surface area contributed by atoms with E-state index in [1.54, 1.807) is 4.68 Å². The topological polar surface area (TPSA) is 80.3 Å². The van der Waals surface area contributed by atoms with Gasteiger partial charge < -0.3 is 14.3 Å². The standard InChI is InChI=1S/C26H25F3N6O2S/c1-17-14-22(24-30-23(32-37-24)19-6-8-21(9-7-19)38-26(27,28)29)31-35(17)16-18-4-3-5-20(15-18)25(36)34-12-10-33(2)11-13-34/h3-9,14-15H,10-13,16H2,1-2H3. The van der Waals surface area contributed by atoms with Crippen LogP contribution in [0.1, 0.15) is 21.6 Å². The molecule has 0 N–H and O–H groups in total. The van der Waals surface area contributed by atoms with Crippen molar-refractivity contribution in [2.24, 2.45) is 0 Å². The molecule has 0 bridgehead atoms. The zero-order valence-electron chi connectivity index (χ0n) is 20.8. The molecule has 0 unspecified atom stereocenters. The number of aryl methyl sites for hydroxylation is 1. The smallest absolute Gasteiger partial charge is 0.336 e. The summed E-state index contributed by atoms with van der Waals surface area (Å²) < 4.78 is 44.9. The number of thioether (sulfide) groups is 1. The molecule has 12 heteroatoms. The molecule has 0 aliphatic carbocycles. The van der Waals surface area contributed by atoms with E-state index in [-0.39, 0.29) is 34.3 Å². The van der Waals surface area contributed by atoms with Gasteiger partial charge in [0.1, 0.15) is 0 Å². The minimum absolute atomic E-state index is 0.0289. The third-order valence-corrected chi connectivity index (χ3v) is 7.01. The third-order valence-electron chi connectivity index (χ3n) is 6.27. The van der Waals surface area contributed by atoms with Gasteiger partial charge in [0.15, 0.2) is 5.69 Å². The van der Waals surface area contributed by atoms with Gasteiger partial charge in [-0.25, -0.2) is 0 Å². The summed E-state index contributed by atoms with van der Waals surface area (Å²) in [6, 6.07) is 15.1. The van der Waals surface area contributed by atoms with Gasteiger partial charge in [0.05, 0.1) is 6.54 Å². The Bertz CT molecular complexity index is 1430. The van der Waals surface area contributed by atoms with Gasteiger partial charge in [-0.3, -0.25) is 9.48 Å². The highest BCUT2D eigenvalue weighted by Crippen LogP contribution is 2.37. The number of alkyl halides is 3. The van der Waals surface area contributed by atoms with Crippen molar-refractivity contribution in [1.82, 2.24) is 29.7 Å². The number of likely N-dealkylation sites (N-methyl/N-ethyl adjacent to an activating group) is 1. The van der Waals surface area contributed by atoms with Gasteiger partial charge >= 0.3 is 5.51 Å². The molecular weight excluding hydrogens is 517 g/mol. The molecule has 2 aromatic heterocycles. The first kappa shape index (κ1) is 26.0. The minimum atomic E-state index is -4.35. The van der Waals surface area contributed by atoms with Gasteiger partial charge in [0, 0.05) is 47.9 Å². The number of rotatable bonds is 6. The number of halogens is 3. The molecular formula is C26H25F3N6O2S. The monoisotopic (exact) mass is 542 g/mol. The lowest BCUT2D eigenvalue weighted by Crippen LogP contribution is -2.47. The Morgan fingerprint density at radius 2 is 1.79 bits per heavy atom. The number of hydrogen-bond donors (Lipinski definition) is 0. The van der Waals surface area contributed by atoms with E-state index >= 15 is 0 Å². The maximum atomic E-state index is 13.0. The number of piperazine rings is 1. The van der Waals surface area contributed by atoms with Gasteiger partial charge in [0.2, 0.25) is 5.82 Å². The van der Waals surface area contributed by atoms with Crippen molar-refractivity contribution in [2.75, 3.05) is 33.2 Å². The fraction of sp³-hybridized carbons (Fsp3) is 0.308. The van der Waals surface area contributed by atoms with Gasteiger partial charge in [-0.1, -0.05) is 17.3 Å². The van der Waals surface area contributed by atoms with Crippen LogP contribution in [0.4, 0.5) is 13.2 Å². The molecule has 1 fully saturated rings. The summed E-state index contributed by atoms with van der Waals surface area (Å²) in [5, 5.41) is 8.56. The molecule has 4 aromatic rings. The normalized spacial score (nSPS) is 14.7. The van der Waals surface area contributed by atoms with Crippen LogP contribution in [-0.2, 0) is 6.54 Å². The van der Waals surface area contributed by atoms with Crippen LogP contribution in [0.15, 0.2) is 64.0 Å². The molecule has 198 valence electrons. The molecule has 38 heavy (non-hydrogen) atoms. The van der Waals surface area contributed by atoms with Crippen LogP contribution in [0.25, 0.3) is 23.0 Å². The number of amides is 1. The van der Waals surface area contributed by atoms with Crippen molar-refractivity contribution in [2.45, 2.75) is 23.9 Å². The number of carbonyl (C=O) groups excluding carboxylic acids is 1. The summed E-state index contributed by atoms with van der Waals surface area (Å²) in [5.74, 6) is 0.488. The van der Waals surface area contributed by atoms with Crippen LogP contribution in [-0.4, -0.2) is 74.4 Å². The Labute approximate surface area is 221 Å². The van der Waals surface area contributed by atoms with Crippen LogP contribution < -0.4 is 0 Å². The Hall–Kier alpha value is -3.64. The third kappa shape index (κ3) is 6.08. The summed E-state index contributed by atoms with van der Waals surface area (Å²) in [6.45, 7) is 5.51. The van der Waals surface area contributed by atoms with E-state index in [2.05, 4.69) is 27.2 Å². The number of benzene rings is 2.